The quantitative estimate of drug-likeness (QED) is 0.166. The zero-order valence-corrected chi connectivity index (χ0v) is 30.0. The van der Waals surface area contributed by atoms with E-state index < -0.39 is 0 Å². The van der Waals surface area contributed by atoms with Gasteiger partial charge in [0, 0.05) is 33.9 Å². The van der Waals surface area contributed by atoms with E-state index >= 15 is 0 Å². The Hall–Kier alpha value is -5.34. The summed E-state index contributed by atoms with van der Waals surface area (Å²) in [5.41, 5.74) is 14.6. The Kier molecular flexibility index (Phi) is 9.33. The molecule has 1 atom stereocenters. The Balaban J connectivity index is 1.07. The maximum Gasteiger partial charge on any atom is 0.0560 e. The van der Waals surface area contributed by atoms with E-state index in [1.54, 1.807) is 0 Å². The van der Waals surface area contributed by atoms with Crippen LogP contribution in [0.2, 0.25) is 0 Å². The fraction of sp³-hybridized carbons (Fsp3) is 0.224. The number of para-hydroxylation sites is 2. The van der Waals surface area contributed by atoms with E-state index in [1.807, 2.05) is 0 Å². The first-order valence-electron chi connectivity index (χ1n) is 19.0. The van der Waals surface area contributed by atoms with Gasteiger partial charge in [0.2, 0.25) is 0 Å². The van der Waals surface area contributed by atoms with E-state index in [1.165, 1.54) is 61.8 Å². The SMILES string of the molecule is CCC1(CC)c2cc(/C=C/C3=CCC(N(c4ccccc4)c4ccccc4)C=C3)ccc2-c2ccc(N(C3=CCCC=C3)C3=CC=CCC3)cc21. The monoisotopic (exact) mass is 664 g/mol. The van der Waals surface area contributed by atoms with Crippen molar-refractivity contribution < 1.29 is 0 Å². The number of nitrogens with zero attached hydrogens (tertiary/aromatic N) is 2. The Morgan fingerprint density at radius 1 is 0.686 bits per heavy atom. The van der Waals surface area contributed by atoms with E-state index in [2.05, 4.69) is 188 Å². The smallest absolute Gasteiger partial charge is 0.0560 e. The molecule has 4 aliphatic rings. The molecule has 4 aliphatic carbocycles. The van der Waals surface area contributed by atoms with Crippen LogP contribution in [0.3, 0.4) is 0 Å². The maximum absolute atomic E-state index is 2.52. The lowest BCUT2D eigenvalue weighted by Gasteiger charge is -2.33. The average molecular weight is 665 g/mol. The van der Waals surface area contributed by atoms with Crippen molar-refractivity contribution in [3.05, 3.63) is 191 Å². The highest BCUT2D eigenvalue weighted by atomic mass is 15.2. The molecule has 4 aromatic rings. The van der Waals surface area contributed by atoms with Crippen LogP contribution in [0.1, 0.15) is 75.5 Å². The highest BCUT2D eigenvalue weighted by Crippen LogP contribution is 2.54. The van der Waals surface area contributed by atoms with Gasteiger partial charge in [0.05, 0.1) is 6.04 Å². The van der Waals surface area contributed by atoms with Gasteiger partial charge in [-0.15, -0.1) is 0 Å². The van der Waals surface area contributed by atoms with Gasteiger partial charge in [-0.25, -0.2) is 0 Å². The third-order valence-corrected chi connectivity index (χ3v) is 11.3. The fourth-order valence-electron chi connectivity index (χ4n) is 8.62. The zero-order valence-electron chi connectivity index (χ0n) is 30.0. The number of fused-ring (bicyclic) bond motifs is 3. The van der Waals surface area contributed by atoms with E-state index in [0.717, 1.165) is 44.9 Å². The van der Waals surface area contributed by atoms with Crippen LogP contribution in [-0.2, 0) is 5.41 Å². The van der Waals surface area contributed by atoms with Crippen molar-refractivity contribution in [3.8, 4) is 11.1 Å². The summed E-state index contributed by atoms with van der Waals surface area (Å²) in [6, 6.07) is 36.1. The minimum absolute atomic E-state index is 0.0105. The first kappa shape index (κ1) is 32.8. The number of hydrogen-bond donors (Lipinski definition) is 0. The van der Waals surface area contributed by atoms with Crippen molar-refractivity contribution in [3.63, 3.8) is 0 Å². The molecule has 0 fully saturated rings. The van der Waals surface area contributed by atoms with Gasteiger partial charge >= 0.3 is 0 Å². The van der Waals surface area contributed by atoms with Gasteiger partial charge in [0.1, 0.15) is 0 Å². The molecule has 254 valence electrons. The van der Waals surface area contributed by atoms with Gasteiger partial charge < -0.3 is 9.80 Å². The minimum atomic E-state index is -0.0105. The van der Waals surface area contributed by atoms with Crippen LogP contribution >= 0.6 is 0 Å². The Morgan fingerprint density at radius 2 is 1.41 bits per heavy atom. The summed E-state index contributed by atoms with van der Waals surface area (Å²) >= 11 is 0. The summed E-state index contributed by atoms with van der Waals surface area (Å²) in [5.74, 6) is 0. The molecule has 0 spiro atoms. The molecular weight excluding hydrogens is 617 g/mol. The molecule has 0 saturated carbocycles. The summed E-state index contributed by atoms with van der Waals surface area (Å²) in [4.78, 5) is 4.96. The Bertz CT molecular complexity index is 2060. The number of anilines is 3. The predicted octanol–water partition coefficient (Wildman–Crippen LogP) is 13.2. The van der Waals surface area contributed by atoms with Crippen LogP contribution in [0.4, 0.5) is 17.1 Å². The third-order valence-electron chi connectivity index (χ3n) is 11.3. The maximum atomic E-state index is 2.52. The summed E-state index contributed by atoms with van der Waals surface area (Å²) in [5, 5.41) is 0. The Morgan fingerprint density at radius 3 is 2.04 bits per heavy atom. The molecule has 4 aromatic carbocycles. The number of allylic oxidation sites excluding steroid dienone is 10. The van der Waals surface area contributed by atoms with Crippen molar-refractivity contribution >= 4 is 23.1 Å². The number of hydrogen-bond acceptors (Lipinski definition) is 2. The predicted molar refractivity (Wildman–Crippen MR) is 218 cm³/mol. The lowest BCUT2D eigenvalue weighted by Crippen LogP contribution is -2.30. The first-order chi connectivity index (χ1) is 25.2. The van der Waals surface area contributed by atoms with Crippen LogP contribution < -0.4 is 9.80 Å². The fourth-order valence-corrected chi connectivity index (χ4v) is 8.62. The van der Waals surface area contributed by atoms with Crippen molar-refractivity contribution in [1.82, 2.24) is 0 Å². The second kappa shape index (κ2) is 14.5. The highest BCUT2D eigenvalue weighted by Gasteiger charge is 2.41. The molecule has 0 saturated heterocycles. The van der Waals surface area contributed by atoms with Gasteiger partial charge in [-0.05, 0) is 127 Å². The largest absolute Gasteiger partial charge is 0.334 e. The summed E-state index contributed by atoms with van der Waals surface area (Å²) in [6.45, 7) is 4.75. The molecule has 2 nitrogen and oxygen atoms in total. The molecule has 0 radical (unpaired) electrons. The topological polar surface area (TPSA) is 6.48 Å². The number of rotatable bonds is 10. The van der Waals surface area contributed by atoms with E-state index in [-0.39, 0.29) is 11.5 Å². The molecule has 0 heterocycles. The van der Waals surface area contributed by atoms with Gasteiger partial charge in [-0.3, -0.25) is 0 Å². The van der Waals surface area contributed by atoms with Crippen molar-refractivity contribution in [2.24, 2.45) is 0 Å². The van der Waals surface area contributed by atoms with E-state index in [0.29, 0.717) is 0 Å². The molecular formula is C49H48N2. The van der Waals surface area contributed by atoms with E-state index in [4.69, 9.17) is 0 Å². The van der Waals surface area contributed by atoms with Crippen molar-refractivity contribution in [1.29, 1.82) is 0 Å². The van der Waals surface area contributed by atoms with Crippen LogP contribution in [0, 0.1) is 0 Å². The second-order valence-corrected chi connectivity index (χ2v) is 14.1. The number of benzene rings is 4. The second-order valence-electron chi connectivity index (χ2n) is 14.1. The van der Waals surface area contributed by atoms with Gasteiger partial charge in [0.25, 0.3) is 0 Å². The summed E-state index contributed by atoms with van der Waals surface area (Å²) < 4.78 is 0. The van der Waals surface area contributed by atoms with Crippen LogP contribution in [0.5, 0.6) is 0 Å². The lowest BCUT2D eigenvalue weighted by atomic mass is 9.73. The molecule has 0 N–H and O–H groups in total. The van der Waals surface area contributed by atoms with Gasteiger partial charge in [-0.1, -0.05) is 129 Å². The molecule has 0 aromatic heterocycles. The molecule has 1 unspecified atom stereocenters. The molecule has 2 heteroatoms. The molecule has 51 heavy (non-hydrogen) atoms. The normalized spacial score (nSPS) is 18.5. The summed E-state index contributed by atoms with van der Waals surface area (Å²) in [7, 11) is 0. The molecule has 0 aliphatic heterocycles. The summed E-state index contributed by atoms with van der Waals surface area (Å²) in [6.07, 6.45) is 32.9. The lowest BCUT2D eigenvalue weighted by molar-refractivity contribution is 0.490. The highest BCUT2D eigenvalue weighted by molar-refractivity contribution is 5.85. The van der Waals surface area contributed by atoms with Crippen molar-refractivity contribution in [2.75, 3.05) is 9.80 Å². The zero-order chi connectivity index (χ0) is 34.6. The molecule has 0 bridgehead atoms. The first-order valence-corrected chi connectivity index (χ1v) is 19.0. The Labute approximate surface area is 304 Å². The van der Waals surface area contributed by atoms with Gasteiger partial charge in [0.15, 0.2) is 0 Å². The third kappa shape index (κ3) is 6.29. The molecule has 8 rings (SSSR count). The van der Waals surface area contributed by atoms with Crippen LogP contribution in [-0.4, -0.2) is 6.04 Å². The van der Waals surface area contributed by atoms with E-state index in [9.17, 15) is 0 Å². The van der Waals surface area contributed by atoms with Crippen LogP contribution in [0.25, 0.3) is 17.2 Å². The van der Waals surface area contributed by atoms with Crippen molar-refractivity contribution in [2.45, 2.75) is 70.3 Å². The van der Waals surface area contributed by atoms with Crippen LogP contribution in [0.15, 0.2) is 175 Å². The molecule has 0 amide bonds. The minimum Gasteiger partial charge on any atom is -0.334 e. The average Bonchev–Trinajstić information content (AvgIpc) is 3.48. The standard InChI is InChI=1S/C49H48N2/c1-3-49(4-2)47-35-38(26-25-37-27-30-43(31-28-37)50(39-17-9-5-10-18-39)40-19-11-6-12-20-40)29-33-45(47)46-34-32-44(36-48(46)49)51(41-21-13-7-14-22-41)42-23-15-8-16-24-42/h5-7,9-13,15,17-21,23-30,32-36,43H,3-4,8,14,16,22,31H2,1-2H3/b26-25+. The van der Waals surface area contributed by atoms with Gasteiger partial charge in [-0.2, -0.15) is 0 Å².